The van der Waals surface area contributed by atoms with Crippen LogP contribution in [0.4, 0.5) is 0 Å². The smallest absolute Gasteiger partial charge is 0.148 e. The molecule has 3 heteroatoms. The summed E-state index contributed by atoms with van der Waals surface area (Å²) in [6.45, 7) is 4.49. The molecule has 132 valence electrons. The van der Waals surface area contributed by atoms with Gasteiger partial charge in [-0.2, -0.15) is 5.26 Å². The molecule has 0 unspecified atom stereocenters. The number of nitriles is 1. The van der Waals surface area contributed by atoms with E-state index in [2.05, 4.69) is 29.9 Å². The van der Waals surface area contributed by atoms with Crippen LogP contribution in [0.5, 0.6) is 0 Å². The van der Waals surface area contributed by atoms with Gasteiger partial charge in [-0.1, -0.05) is 52.4 Å². The SMILES string of the molecule is CCCCCCCc1cnc(C2(C#N)CCC(CCC)CC2)nc1. The fraction of sp³-hybridized carbons (Fsp3) is 0.762. The number of rotatable bonds is 9. The summed E-state index contributed by atoms with van der Waals surface area (Å²) in [5, 5.41) is 9.77. The van der Waals surface area contributed by atoms with Crippen LogP contribution < -0.4 is 0 Å². The molecule has 0 saturated heterocycles. The third kappa shape index (κ3) is 5.03. The highest BCUT2D eigenvalue weighted by Crippen LogP contribution is 2.41. The van der Waals surface area contributed by atoms with E-state index in [1.165, 1.54) is 50.5 Å². The lowest BCUT2D eigenvalue weighted by Crippen LogP contribution is -2.32. The summed E-state index contributed by atoms with van der Waals surface area (Å²) in [7, 11) is 0. The maximum absolute atomic E-state index is 9.77. The Morgan fingerprint density at radius 1 is 1.04 bits per heavy atom. The standard InChI is InChI=1S/C21H33N3/c1-3-5-6-7-8-10-19-15-23-20(24-16-19)21(17-22)13-11-18(9-4-2)12-14-21/h15-16,18H,3-14H2,1-2H3. The van der Waals surface area contributed by atoms with Crippen molar-refractivity contribution in [1.29, 1.82) is 5.26 Å². The predicted molar refractivity (Wildman–Crippen MR) is 98.7 cm³/mol. The molecule has 1 aliphatic carbocycles. The Morgan fingerprint density at radius 2 is 1.71 bits per heavy atom. The maximum atomic E-state index is 9.77. The van der Waals surface area contributed by atoms with Crippen molar-refractivity contribution in [3.63, 3.8) is 0 Å². The molecule has 1 aromatic rings. The fourth-order valence-corrected chi connectivity index (χ4v) is 3.92. The van der Waals surface area contributed by atoms with Gasteiger partial charge in [-0.05, 0) is 50.0 Å². The second kappa shape index (κ2) is 9.77. The Hall–Kier alpha value is -1.43. The molecule has 2 rings (SSSR count). The van der Waals surface area contributed by atoms with Gasteiger partial charge in [-0.15, -0.1) is 0 Å². The van der Waals surface area contributed by atoms with Crippen LogP contribution in [0.3, 0.4) is 0 Å². The zero-order valence-electron chi connectivity index (χ0n) is 15.6. The van der Waals surface area contributed by atoms with Crippen molar-refractivity contribution < 1.29 is 0 Å². The van der Waals surface area contributed by atoms with Crippen molar-refractivity contribution in [3.05, 3.63) is 23.8 Å². The monoisotopic (exact) mass is 327 g/mol. The molecule has 1 saturated carbocycles. The molecule has 0 radical (unpaired) electrons. The van der Waals surface area contributed by atoms with Crippen LogP contribution in [0.1, 0.15) is 95.9 Å². The van der Waals surface area contributed by atoms with Crippen molar-refractivity contribution >= 4 is 0 Å². The van der Waals surface area contributed by atoms with Gasteiger partial charge in [0.25, 0.3) is 0 Å². The summed E-state index contributed by atoms with van der Waals surface area (Å²) < 4.78 is 0. The lowest BCUT2D eigenvalue weighted by Gasteiger charge is -2.33. The number of aryl methyl sites for hydroxylation is 1. The van der Waals surface area contributed by atoms with E-state index < -0.39 is 5.41 Å². The summed E-state index contributed by atoms with van der Waals surface area (Å²) in [5.41, 5.74) is 0.771. The number of hydrogen-bond acceptors (Lipinski definition) is 3. The van der Waals surface area contributed by atoms with Crippen molar-refractivity contribution in [2.75, 3.05) is 0 Å². The normalized spacial score (nSPS) is 23.8. The van der Waals surface area contributed by atoms with Gasteiger partial charge < -0.3 is 0 Å². The predicted octanol–water partition coefficient (Wildman–Crippen LogP) is 5.74. The van der Waals surface area contributed by atoms with Gasteiger partial charge in [0.2, 0.25) is 0 Å². The van der Waals surface area contributed by atoms with E-state index in [1.54, 1.807) is 0 Å². The van der Waals surface area contributed by atoms with E-state index in [1.807, 2.05) is 12.4 Å². The average molecular weight is 328 g/mol. The van der Waals surface area contributed by atoms with Crippen molar-refractivity contribution in [1.82, 2.24) is 9.97 Å². The van der Waals surface area contributed by atoms with Crippen molar-refractivity contribution in [2.45, 2.75) is 96.3 Å². The van der Waals surface area contributed by atoms with Gasteiger partial charge in [0.1, 0.15) is 11.2 Å². The first-order valence-electron chi connectivity index (χ1n) is 9.96. The quantitative estimate of drug-likeness (QED) is 0.543. The summed E-state index contributed by atoms with van der Waals surface area (Å²) in [6, 6.07) is 2.56. The summed E-state index contributed by atoms with van der Waals surface area (Å²) in [5.74, 6) is 1.55. The number of aromatic nitrogens is 2. The Balaban J connectivity index is 1.90. The third-order valence-corrected chi connectivity index (χ3v) is 5.57. The average Bonchev–Trinajstić information content (AvgIpc) is 2.63. The lowest BCUT2D eigenvalue weighted by molar-refractivity contribution is 0.257. The molecule has 0 amide bonds. The highest BCUT2D eigenvalue weighted by atomic mass is 14.9. The highest BCUT2D eigenvalue weighted by molar-refractivity contribution is 5.22. The molecule has 1 fully saturated rings. The summed E-state index contributed by atoms with van der Waals surface area (Å²) in [6.07, 6.45) is 18.1. The first-order chi connectivity index (χ1) is 11.7. The Bertz CT molecular complexity index is 507. The van der Waals surface area contributed by atoms with Crippen LogP contribution in [-0.2, 0) is 11.8 Å². The number of nitrogens with zero attached hydrogens (tertiary/aromatic N) is 3. The van der Waals surface area contributed by atoms with Crippen LogP contribution in [-0.4, -0.2) is 9.97 Å². The lowest BCUT2D eigenvalue weighted by atomic mass is 9.70. The molecule has 0 aliphatic heterocycles. The second-order valence-corrected chi connectivity index (χ2v) is 7.51. The first-order valence-corrected chi connectivity index (χ1v) is 9.96. The topological polar surface area (TPSA) is 49.6 Å². The molecule has 1 aromatic heterocycles. The largest absolute Gasteiger partial charge is 0.239 e. The number of hydrogen-bond donors (Lipinski definition) is 0. The van der Waals surface area contributed by atoms with Gasteiger partial charge in [0.05, 0.1) is 6.07 Å². The summed E-state index contributed by atoms with van der Waals surface area (Å²) in [4.78, 5) is 9.20. The van der Waals surface area contributed by atoms with E-state index >= 15 is 0 Å². The van der Waals surface area contributed by atoms with Crippen LogP contribution in [0.15, 0.2) is 12.4 Å². The zero-order valence-corrected chi connectivity index (χ0v) is 15.6. The van der Waals surface area contributed by atoms with Crippen LogP contribution in [0.2, 0.25) is 0 Å². The number of unbranched alkanes of at least 4 members (excludes halogenated alkanes) is 4. The molecule has 0 aromatic carbocycles. The Labute approximate surface area is 147 Å². The van der Waals surface area contributed by atoms with Crippen LogP contribution >= 0.6 is 0 Å². The Morgan fingerprint density at radius 3 is 2.29 bits per heavy atom. The van der Waals surface area contributed by atoms with Gasteiger partial charge in [0, 0.05) is 12.4 Å². The molecule has 24 heavy (non-hydrogen) atoms. The molecule has 1 aliphatic rings. The molecule has 0 N–H and O–H groups in total. The highest BCUT2D eigenvalue weighted by Gasteiger charge is 2.39. The van der Waals surface area contributed by atoms with E-state index in [4.69, 9.17) is 0 Å². The fourth-order valence-electron chi connectivity index (χ4n) is 3.92. The maximum Gasteiger partial charge on any atom is 0.148 e. The van der Waals surface area contributed by atoms with Gasteiger partial charge in [-0.3, -0.25) is 0 Å². The molecular formula is C21H33N3. The second-order valence-electron chi connectivity index (χ2n) is 7.51. The third-order valence-electron chi connectivity index (χ3n) is 5.57. The molecule has 0 atom stereocenters. The van der Waals surface area contributed by atoms with E-state index in [9.17, 15) is 5.26 Å². The van der Waals surface area contributed by atoms with E-state index in [0.717, 1.165) is 43.8 Å². The molecule has 1 heterocycles. The van der Waals surface area contributed by atoms with E-state index in [-0.39, 0.29) is 0 Å². The Kier molecular flexibility index (Phi) is 7.69. The van der Waals surface area contributed by atoms with Crippen molar-refractivity contribution in [2.24, 2.45) is 5.92 Å². The minimum Gasteiger partial charge on any atom is -0.239 e. The van der Waals surface area contributed by atoms with Crippen molar-refractivity contribution in [3.8, 4) is 6.07 Å². The summed E-state index contributed by atoms with van der Waals surface area (Å²) >= 11 is 0. The first kappa shape index (κ1) is 18.9. The van der Waals surface area contributed by atoms with Gasteiger partial charge in [0.15, 0.2) is 0 Å². The minimum absolute atomic E-state index is 0.441. The van der Waals surface area contributed by atoms with Crippen LogP contribution in [0, 0.1) is 17.2 Å². The van der Waals surface area contributed by atoms with Gasteiger partial charge >= 0.3 is 0 Å². The molecule has 0 bridgehead atoms. The van der Waals surface area contributed by atoms with Gasteiger partial charge in [-0.25, -0.2) is 9.97 Å². The molecule has 0 spiro atoms. The van der Waals surface area contributed by atoms with Crippen LogP contribution in [0.25, 0.3) is 0 Å². The van der Waals surface area contributed by atoms with E-state index in [0.29, 0.717) is 0 Å². The molecule has 3 nitrogen and oxygen atoms in total. The zero-order chi connectivity index (χ0) is 17.3. The molecular weight excluding hydrogens is 294 g/mol. The minimum atomic E-state index is -0.441.